The summed E-state index contributed by atoms with van der Waals surface area (Å²) >= 11 is 0. The molecule has 0 aromatic rings. The summed E-state index contributed by atoms with van der Waals surface area (Å²) in [6.45, 7) is 2.15. The van der Waals surface area contributed by atoms with Gasteiger partial charge in [0.2, 0.25) is 0 Å². The van der Waals surface area contributed by atoms with Crippen LogP contribution in [0.1, 0.15) is 45.4 Å². The van der Waals surface area contributed by atoms with Gasteiger partial charge in [0.05, 0.1) is 0 Å². The molecule has 0 saturated heterocycles. The summed E-state index contributed by atoms with van der Waals surface area (Å²) in [4.78, 5) is 17.1. The van der Waals surface area contributed by atoms with E-state index in [4.69, 9.17) is 9.79 Å². The van der Waals surface area contributed by atoms with Gasteiger partial charge in [-0.25, -0.2) is 0 Å². The Balaban J connectivity index is 0. The number of hydrogen-bond acceptors (Lipinski definition) is 1. The van der Waals surface area contributed by atoms with Crippen LogP contribution in [-0.2, 0) is 26.3 Å². The summed E-state index contributed by atoms with van der Waals surface area (Å²) in [7, 11) is -3.72. The summed E-state index contributed by atoms with van der Waals surface area (Å²) in [5, 5.41) is 0. The van der Waals surface area contributed by atoms with Gasteiger partial charge >= 0.3 is 7.60 Å². The van der Waals surface area contributed by atoms with E-state index < -0.39 is 7.60 Å². The third kappa shape index (κ3) is 15.6. The quantitative estimate of drug-likeness (QED) is 0.409. The van der Waals surface area contributed by atoms with Crippen molar-refractivity contribution >= 4 is 7.60 Å². The van der Waals surface area contributed by atoms with Crippen molar-refractivity contribution in [2.75, 3.05) is 6.16 Å². The van der Waals surface area contributed by atoms with E-state index in [9.17, 15) is 4.57 Å². The molecule has 0 saturated carbocycles. The Labute approximate surface area is 95.4 Å². The molecule has 78 valence electrons. The molecule has 0 amide bonds. The molecule has 0 rings (SSSR count). The van der Waals surface area contributed by atoms with Crippen LogP contribution in [0.4, 0.5) is 0 Å². The van der Waals surface area contributed by atoms with Crippen molar-refractivity contribution < 1.29 is 36.1 Å². The Bertz CT molecular complexity index is 146. The van der Waals surface area contributed by atoms with Crippen molar-refractivity contribution in [3.05, 3.63) is 0 Å². The SMILES string of the molecule is CCCCCCCCP(=O)(O)O.[Ti]. The fourth-order valence-electron chi connectivity index (χ4n) is 1.10. The second-order valence-electron chi connectivity index (χ2n) is 3.16. The summed E-state index contributed by atoms with van der Waals surface area (Å²) in [5.41, 5.74) is 0. The van der Waals surface area contributed by atoms with E-state index in [1.54, 1.807) is 0 Å². The molecule has 0 unspecified atom stereocenters. The van der Waals surface area contributed by atoms with Gasteiger partial charge in [-0.05, 0) is 6.42 Å². The van der Waals surface area contributed by atoms with Crippen LogP contribution in [-0.4, -0.2) is 15.9 Å². The topological polar surface area (TPSA) is 57.5 Å². The van der Waals surface area contributed by atoms with Gasteiger partial charge in [0.15, 0.2) is 0 Å². The van der Waals surface area contributed by atoms with Crippen LogP contribution in [0.2, 0.25) is 0 Å². The van der Waals surface area contributed by atoms with Crippen molar-refractivity contribution in [1.82, 2.24) is 0 Å². The Hall–Kier alpha value is 0.864. The maximum atomic E-state index is 10.4. The Morgan fingerprint density at radius 2 is 1.46 bits per heavy atom. The molecule has 0 radical (unpaired) electrons. The molecule has 0 aliphatic carbocycles. The van der Waals surface area contributed by atoms with E-state index in [2.05, 4.69) is 6.92 Å². The summed E-state index contributed by atoms with van der Waals surface area (Å²) in [5.74, 6) is 0. The third-order valence-corrected chi connectivity index (χ3v) is 2.70. The van der Waals surface area contributed by atoms with Gasteiger partial charge in [0.25, 0.3) is 0 Å². The third-order valence-electron chi connectivity index (χ3n) is 1.80. The monoisotopic (exact) mass is 242 g/mol. The van der Waals surface area contributed by atoms with Crippen LogP contribution >= 0.6 is 7.60 Å². The molecular formula is C8H19O3PTi. The number of rotatable bonds is 7. The van der Waals surface area contributed by atoms with Crippen LogP contribution in [0.15, 0.2) is 0 Å². The Morgan fingerprint density at radius 3 is 1.92 bits per heavy atom. The van der Waals surface area contributed by atoms with E-state index in [1.807, 2.05) is 0 Å². The maximum absolute atomic E-state index is 10.4. The number of hydrogen-bond donors (Lipinski definition) is 2. The first-order valence-corrected chi connectivity index (χ1v) is 6.40. The zero-order valence-corrected chi connectivity index (χ0v) is 10.7. The van der Waals surface area contributed by atoms with Crippen molar-refractivity contribution in [1.29, 1.82) is 0 Å². The van der Waals surface area contributed by atoms with Crippen LogP contribution in [0.3, 0.4) is 0 Å². The molecule has 5 heteroatoms. The molecule has 0 atom stereocenters. The normalized spacial score (nSPS) is 11.0. The van der Waals surface area contributed by atoms with E-state index in [-0.39, 0.29) is 27.9 Å². The standard InChI is InChI=1S/C8H19O3P.Ti/c1-2-3-4-5-6-7-8-12(9,10)11;/h2-8H2,1H3,(H2,9,10,11);. The van der Waals surface area contributed by atoms with Crippen molar-refractivity contribution in [3.8, 4) is 0 Å². The van der Waals surface area contributed by atoms with Gasteiger partial charge in [-0.2, -0.15) is 0 Å². The maximum Gasteiger partial charge on any atom is 0.325 e. The van der Waals surface area contributed by atoms with E-state index in [1.165, 1.54) is 19.3 Å². The van der Waals surface area contributed by atoms with Gasteiger partial charge in [-0.15, -0.1) is 0 Å². The second-order valence-corrected chi connectivity index (χ2v) is 4.93. The average Bonchev–Trinajstić information content (AvgIpc) is 1.94. The Morgan fingerprint density at radius 1 is 1.00 bits per heavy atom. The molecule has 0 aliphatic heterocycles. The van der Waals surface area contributed by atoms with Crippen LogP contribution < -0.4 is 0 Å². The molecule has 0 bridgehead atoms. The molecule has 0 heterocycles. The second kappa shape index (κ2) is 9.42. The summed E-state index contributed by atoms with van der Waals surface area (Å²) in [6.07, 6.45) is 6.40. The average molecular weight is 242 g/mol. The minimum absolute atomic E-state index is 0. The summed E-state index contributed by atoms with van der Waals surface area (Å²) in [6, 6.07) is 0. The minimum atomic E-state index is -3.72. The van der Waals surface area contributed by atoms with Crippen LogP contribution in [0.5, 0.6) is 0 Å². The van der Waals surface area contributed by atoms with Crippen molar-refractivity contribution in [2.24, 2.45) is 0 Å². The molecule has 0 aromatic heterocycles. The van der Waals surface area contributed by atoms with Gasteiger partial charge in [0.1, 0.15) is 0 Å². The molecule has 0 fully saturated rings. The zero-order valence-electron chi connectivity index (χ0n) is 8.20. The van der Waals surface area contributed by atoms with Crippen molar-refractivity contribution in [3.63, 3.8) is 0 Å². The predicted octanol–water partition coefficient (Wildman–Crippen LogP) is 2.52. The first kappa shape index (κ1) is 16.3. The minimum Gasteiger partial charge on any atom is -0.324 e. The van der Waals surface area contributed by atoms with E-state index in [0.29, 0.717) is 6.42 Å². The fraction of sp³-hybridized carbons (Fsp3) is 1.00. The summed E-state index contributed by atoms with van der Waals surface area (Å²) < 4.78 is 10.4. The molecule has 0 aliphatic rings. The smallest absolute Gasteiger partial charge is 0.324 e. The number of unbranched alkanes of at least 4 members (excludes halogenated alkanes) is 5. The van der Waals surface area contributed by atoms with Crippen LogP contribution in [0, 0.1) is 0 Å². The predicted molar refractivity (Wildman–Crippen MR) is 50.3 cm³/mol. The largest absolute Gasteiger partial charge is 0.325 e. The van der Waals surface area contributed by atoms with Gasteiger partial charge in [-0.3, -0.25) is 4.57 Å². The van der Waals surface area contributed by atoms with Gasteiger partial charge in [0, 0.05) is 27.9 Å². The van der Waals surface area contributed by atoms with E-state index in [0.717, 1.165) is 12.8 Å². The van der Waals surface area contributed by atoms with Crippen LogP contribution in [0.25, 0.3) is 0 Å². The molecule has 13 heavy (non-hydrogen) atoms. The molecular weight excluding hydrogens is 223 g/mol. The zero-order chi connectivity index (χ0) is 9.45. The van der Waals surface area contributed by atoms with Gasteiger partial charge < -0.3 is 9.79 Å². The first-order valence-electron chi connectivity index (χ1n) is 4.61. The molecule has 2 N–H and O–H groups in total. The molecule has 0 spiro atoms. The molecule has 3 nitrogen and oxygen atoms in total. The molecule has 0 aromatic carbocycles. The fourth-order valence-corrected chi connectivity index (χ4v) is 1.73. The first-order chi connectivity index (χ1) is 5.56. The van der Waals surface area contributed by atoms with E-state index >= 15 is 0 Å². The van der Waals surface area contributed by atoms with Gasteiger partial charge in [-0.1, -0.05) is 39.0 Å². The van der Waals surface area contributed by atoms with Crippen molar-refractivity contribution in [2.45, 2.75) is 45.4 Å². The Kier molecular flexibility index (Phi) is 11.8.